The molecule has 0 bridgehead atoms. The highest BCUT2D eigenvalue weighted by atomic mass is 35.5. The van der Waals surface area contributed by atoms with Crippen LogP contribution in [-0.2, 0) is 5.54 Å². The molecule has 1 aromatic rings. The van der Waals surface area contributed by atoms with Crippen LogP contribution in [0.15, 0.2) is 24.3 Å². The summed E-state index contributed by atoms with van der Waals surface area (Å²) in [4.78, 5) is 13.8. The zero-order chi connectivity index (χ0) is 14.5. The van der Waals surface area contributed by atoms with Crippen LogP contribution in [0.5, 0.6) is 0 Å². The van der Waals surface area contributed by atoms with Gasteiger partial charge in [0.25, 0.3) is 0 Å². The molecule has 1 aromatic carbocycles. The largest absolute Gasteiger partial charge is 0.337 e. The molecule has 19 heavy (non-hydrogen) atoms. The normalized spacial score (nSPS) is 11.5. The molecule has 0 atom stereocenters. The van der Waals surface area contributed by atoms with Gasteiger partial charge < -0.3 is 15.5 Å². The van der Waals surface area contributed by atoms with E-state index in [9.17, 15) is 4.79 Å². The molecular weight excluding hydrogens is 262 g/mol. The standard InChI is InChI=1S/C14H22ClN3O/c1-14(2,11-5-7-12(15)8-6-11)17-13(19)16-9-10-18(3)4/h5-8H,9-10H2,1-4H3,(H2,16,17,19). The fourth-order valence-corrected chi connectivity index (χ4v) is 1.79. The monoisotopic (exact) mass is 283 g/mol. The third kappa shape index (κ3) is 5.49. The summed E-state index contributed by atoms with van der Waals surface area (Å²) in [6.45, 7) is 5.36. The van der Waals surface area contributed by atoms with Crippen molar-refractivity contribution in [2.24, 2.45) is 0 Å². The van der Waals surface area contributed by atoms with Gasteiger partial charge in [0.2, 0.25) is 0 Å². The number of rotatable bonds is 5. The van der Waals surface area contributed by atoms with Crippen LogP contribution >= 0.6 is 11.6 Å². The first kappa shape index (κ1) is 15.8. The van der Waals surface area contributed by atoms with Gasteiger partial charge in [-0.05, 0) is 45.6 Å². The van der Waals surface area contributed by atoms with E-state index in [1.165, 1.54) is 0 Å². The quantitative estimate of drug-likeness (QED) is 0.872. The van der Waals surface area contributed by atoms with Gasteiger partial charge in [0.15, 0.2) is 0 Å². The van der Waals surface area contributed by atoms with Crippen molar-refractivity contribution in [2.45, 2.75) is 19.4 Å². The highest BCUT2D eigenvalue weighted by molar-refractivity contribution is 6.30. The third-order valence-electron chi connectivity index (χ3n) is 2.84. The molecule has 2 N–H and O–H groups in total. The highest BCUT2D eigenvalue weighted by Gasteiger charge is 2.22. The van der Waals surface area contributed by atoms with Crippen molar-refractivity contribution in [1.29, 1.82) is 0 Å². The first-order chi connectivity index (χ1) is 8.81. The van der Waals surface area contributed by atoms with Crippen LogP contribution in [0, 0.1) is 0 Å². The molecule has 0 aliphatic rings. The van der Waals surface area contributed by atoms with Crippen LogP contribution in [0.4, 0.5) is 4.79 Å². The van der Waals surface area contributed by atoms with E-state index in [2.05, 4.69) is 10.6 Å². The Morgan fingerprint density at radius 3 is 2.37 bits per heavy atom. The number of carbonyl (C=O) groups is 1. The number of nitrogens with zero attached hydrogens (tertiary/aromatic N) is 1. The van der Waals surface area contributed by atoms with E-state index in [0.29, 0.717) is 11.6 Å². The van der Waals surface area contributed by atoms with Crippen molar-refractivity contribution in [3.05, 3.63) is 34.9 Å². The summed E-state index contributed by atoms with van der Waals surface area (Å²) >= 11 is 5.86. The Balaban J connectivity index is 2.54. The van der Waals surface area contributed by atoms with Gasteiger partial charge in [0.1, 0.15) is 0 Å². The number of hydrogen-bond donors (Lipinski definition) is 2. The van der Waals surface area contributed by atoms with E-state index < -0.39 is 5.54 Å². The molecule has 0 aliphatic heterocycles. The average Bonchev–Trinajstić information content (AvgIpc) is 2.28. The van der Waals surface area contributed by atoms with Crippen molar-refractivity contribution < 1.29 is 4.79 Å². The lowest BCUT2D eigenvalue weighted by Crippen LogP contribution is -2.47. The van der Waals surface area contributed by atoms with Crippen LogP contribution in [0.3, 0.4) is 0 Å². The number of carbonyl (C=O) groups excluding carboxylic acids is 1. The molecule has 0 unspecified atom stereocenters. The minimum atomic E-state index is -0.438. The SMILES string of the molecule is CN(C)CCNC(=O)NC(C)(C)c1ccc(Cl)cc1. The highest BCUT2D eigenvalue weighted by Crippen LogP contribution is 2.21. The summed E-state index contributed by atoms with van der Waals surface area (Å²) in [5.74, 6) is 0. The summed E-state index contributed by atoms with van der Waals surface area (Å²) in [6.07, 6.45) is 0. The minimum absolute atomic E-state index is 0.165. The van der Waals surface area contributed by atoms with Gasteiger partial charge in [-0.2, -0.15) is 0 Å². The molecular formula is C14H22ClN3O. The van der Waals surface area contributed by atoms with Crippen LogP contribution in [0.1, 0.15) is 19.4 Å². The predicted octanol–water partition coefficient (Wildman–Crippen LogP) is 2.44. The molecule has 5 heteroatoms. The second-order valence-electron chi connectivity index (χ2n) is 5.32. The van der Waals surface area contributed by atoms with Crippen LogP contribution in [0.2, 0.25) is 5.02 Å². The van der Waals surface area contributed by atoms with E-state index in [0.717, 1.165) is 12.1 Å². The van der Waals surface area contributed by atoms with Gasteiger partial charge in [-0.1, -0.05) is 23.7 Å². The van der Waals surface area contributed by atoms with Gasteiger partial charge >= 0.3 is 6.03 Å². The molecule has 0 radical (unpaired) electrons. The molecule has 2 amide bonds. The Hall–Kier alpha value is -1.26. The van der Waals surface area contributed by atoms with Gasteiger partial charge in [0.05, 0.1) is 5.54 Å². The van der Waals surface area contributed by atoms with Gasteiger partial charge in [0, 0.05) is 18.1 Å². The van der Waals surface area contributed by atoms with Gasteiger partial charge in [-0.3, -0.25) is 0 Å². The van der Waals surface area contributed by atoms with E-state index in [-0.39, 0.29) is 6.03 Å². The van der Waals surface area contributed by atoms with Crippen molar-refractivity contribution >= 4 is 17.6 Å². The number of amides is 2. The molecule has 0 fully saturated rings. The maximum absolute atomic E-state index is 11.8. The first-order valence-electron chi connectivity index (χ1n) is 6.28. The zero-order valence-corrected chi connectivity index (χ0v) is 12.7. The Morgan fingerprint density at radius 2 is 1.84 bits per heavy atom. The van der Waals surface area contributed by atoms with E-state index in [1.807, 2.05) is 57.1 Å². The van der Waals surface area contributed by atoms with E-state index in [4.69, 9.17) is 11.6 Å². The number of hydrogen-bond acceptors (Lipinski definition) is 2. The number of likely N-dealkylation sites (N-methyl/N-ethyl adjacent to an activating group) is 1. The molecule has 0 spiro atoms. The second-order valence-corrected chi connectivity index (χ2v) is 5.75. The van der Waals surface area contributed by atoms with Gasteiger partial charge in [-0.25, -0.2) is 4.79 Å². The number of nitrogens with one attached hydrogen (secondary N) is 2. The lowest BCUT2D eigenvalue weighted by Gasteiger charge is -2.27. The fourth-order valence-electron chi connectivity index (χ4n) is 1.66. The Bertz CT molecular complexity index is 415. The van der Waals surface area contributed by atoms with Crippen molar-refractivity contribution in [3.8, 4) is 0 Å². The lowest BCUT2D eigenvalue weighted by atomic mass is 9.94. The Kier molecular flexibility index (Phi) is 5.63. The third-order valence-corrected chi connectivity index (χ3v) is 3.09. The molecule has 0 aromatic heterocycles. The van der Waals surface area contributed by atoms with Gasteiger partial charge in [-0.15, -0.1) is 0 Å². The summed E-state index contributed by atoms with van der Waals surface area (Å²) in [7, 11) is 3.94. The van der Waals surface area contributed by atoms with E-state index >= 15 is 0 Å². The molecule has 0 saturated carbocycles. The summed E-state index contributed by atoms with van der Waals surface area (Å²) in [6, 6.07) is 7.32. The van der Waals surface area contributed by atoms with Crippen LogP contribution in [0.25, 0.3) is 0 Å². The molecule has 106 valence electrons. The van der Waals surface area contributed by atoms with E-state index in [1.54, 1.807) is 0 Å². The van der Waals surface area contributed by atoms with Crippen LogP contribution < -0.4 is 10.6 Å². The lowest BCUT2D eigenvalue weighted by molar-refractivity contribution is 0.228. The maximum Gasteiger partial charge on any atom is 0.315 e. The molecule has 4 nitrogen and oxygen atoms in total. The summed E-state index contributed by atoms with van der Waals surface area (Å²) < 4.78 is 0. The summed E-state index contributed by atoms with van der Waals surface area (Å²) in [5.41, 5.74) is 0.576. The molecule has 1 rings (SSSR count). The minimum Gasteiger partial charge on any atom is -0.337 e. The maximum atomic E-state index is 11.8. The molecule has 0 saturated heterocycles. The summed E-state index contributed by atoms with van der Waals surface area (Å²) in [5, 5.41) is 6.48. The first-order valence-corrected chi connectivity index (χ1v) is 6.66. The number of urea groups is 1. The zero-order valence-electron chi connectivity index (χ0n) is 12.0. The second kappa shape index (κ2) is 6.78. The van der Waals surface area contributed by atoms with Crippen LogP contribution in [-0.4, -0.2) is 38.1 Å². The van der Waals surface area contributed by atoms with Crippen molar-refractivity contribution in [2.75, 3.05) is 27.2 Å². The predicted molar refractivity (Wildman–Crippen MR) is 79.6 cm³/mol. The Morgan fingerprint density at radius 1 is 1.26 bits per heavy atom. The topological polar surface area (TPSA) is 44.4 Å². The molecule has 0 heterocycles. The van der Waals surface area contributed by atoms with Crippen molar-refractivity contribution in [3.63, 3.8) is 0 Å². The fraction of sp³-hybridized carbons (Fsp3) is 0.500. The number of halogens is 1. The van der Waals surface area contributed by atoms with Crippen molar-refractivity contribution in [1.82, 2.24) is 15.5 Å². The number of benzene rings is 1. The smallest absolute Gasteiger partial charge is 0.315 e. The molecule has 0 aliphatic carbocycles. The average molecular weight is 284 g/mol. The Labute approximate surface area is 120 Å².